The standard InChI is InChI=1S/C28H28BrCl2NS/c1-27(2,3)17-7-10-20(11-8-17)32(23-15-19(30)14-22(29)26(23)31)24-16-33-25-12-9-18(13-21(24)25)28(4,5)6/h7-16H,1-6H3. The van der Waals surface area contributed by atoms with Gasteiger partial charge in [0.2, 0.25) is 0 Å². The maximum Gasteiger partial charge on any atom is 0.0789 e. The molecule has 1 nitrogen and oxygen atoms in total. The van der Waals surface area contributed by atoms with Gasteiger partial charge < -0.3 is 4.90 Å². The summed E-state index contributed by atoms with van der Waals surface area (Å²) in [6.45, 7) is 13.4. The summed E-state index contributed by atoms with van der Waals surface area (Å²) in [7, 11) is 0. The number of thiophene rings is 1. The zero-order valence-corrected chi connectivity index (χ0v) is 23.7. The second-order valence-corrected chi connectivity index (χ2v) is 13.0. The molecule has 0 N–H and O–H groups in total. The van der Waals surface area contributed by atoms with Crippen LogP contribution in [0.2, 0.25) is 10.0 Å². The Balaban J connectivity index is 1.98. The molecule has 0 saturated heterocycles. The maximum atomic E-state index is 6.84. The lowest BCUT2D eigenvalue weighted by Gasteiger charge is -2.28. The molecule has 0 saturated carbocycles. The van der Waals surface area contributed by atoms with E-state index in [9.17, 15) is 0 Å². The number of halogens is 3. The summed E-state index contributed by atoms with van der Waals surface area (Å²) < 4.78 is 2.02. The molecule has 0 radical (unpaired) electrons. The quantitative estimate of drug-likeness (QED) is 0.225. The summed E-state index contributed by atoms with van der Waals surface area (Å²) in [5.74, 6) is 0. The Labute approximate surface area is 219 Å². The van der Waals surface area contributed by atoms with E-state index in [1.165, 1.54) is 21.2 Å². The molecule has 1 aromatic heterocycles. The van der Waals surface area contributed by atoms with Gasteiger partial charge in [-0.3, -0.25) is 0 Å². The summed E-state index contributed by atoms with van der Waals surface area (Å²) in [4.78, 5) is 2.22. The molecular weight excluding hydrogens is 533 g/mol. The third kappa shape index (κ3) is 4.98. The monoisotopic (exact) mass is 559 g/mol. The molecule has 0 fully saturated rings. The van der Waals surface area contributed by atoms with Gasteiger partial charge in [-0.05, 0) is 74.3 Å². The smallest absolute Gasteiger partial charge is 0.0789 e. The van der Waals surface area contributed by atoms with Crippen LogP contribution in [0.4, 0.5) is 17.1 Å². The highest BCUT2D eigenvalue weighted by Gasteiger charge is 2.23. The Morgan fingerprint density at radius 2 is 1.36 bits per heavy atom. The molecule has 4 aromatic rings. The van der Waals surface area contributed by atoms with E-state index in [1.807, 2.05) is 12.1 Å². The van der Waals surface area contributed by atoms with Gasteiger partial charge in [-0.25, -0.2) is 0 Å². The Kier molecular flexibility index (Phi) is 6.65. The summed E-state index contributed by atoms with van der Waals surface area (Å²) >= 11 is 18.7. The molecule has 4 rings (SSSR count). The van der Waals surface area contributed by atoms with Gasteiger partial charge in [0, 0.05) is 30.6 Å². The van der Waals surface area contributed by atoms with Crippen molar-refractivity contribution in [2.75, 3.05) is 4.90 Å². The van der Waals surface area contributed by atoms with E-state index in [0.29, 0.717) is 10.0 Å². The Bertz CT molecular complexity index is 1310. The van der Waals surface area contributed by atoms with Crippen LogP contribution in [0, 0.1) is 0 Å². The normalized spacial score (nSPS) is 12.4. The van der Waals surface area contributed by atoms with Gasteiger partial charge in [-0.15, -0.1) is 11.3 Å². The molecule has 5 heteroatoms. The topological polar surface area (TPSA) is 3.24 Å². The zero-order chi connectivity index (χ0) is 24.1. The van der Waals surface area contributed by atoms with Crippen molar-refractivity contribution in [2.24, 2.45) is 0 Å². The Hall–Kier alpha value is -1.52. The van der Waals surface area contributed by atoms with E-state index in [-0.39, 0.29) is 10.8 Å². The first-order chi connectivity index (χ1) is 15.4. The summed E-state index contributed by atoms with van der Waals surface area (Å²) in [5.41, 5.74) is 5.71. The molecule has 1 heterocycles. The van der Waals surface area contributed by atoms with E-state index < -0.39 is 0 Å². The highest BCUT2D eigenvalue weighted by Crippen LogP contribution is 2.47. The molecular formula is C28H28BrCl2NS. The van der Waals surface area contributed by atoms with Gasteiger partial charge in [0.15, 0.2) is 0 Å². The van der Waals surface area contributed by atoms with E-state index in [1.54, 1.807) is 11.3 Å². The lowest BCUT2D eigenvalue weighted by molar-refractivity contribution is 0.590. The molecule has 0 atom stereocenters. The van der Waals surface area contributed by atoms with Crippen molar-refractivity contribution >= 4 is 77.6 Å². The second kappa shape index (κ2) is 8.92. The molecule has 0 aliphatic rings. The molecule has 0 aliphatic heterocycles. The number of anilines is 3. The van der Waals surface area contributed by atoms with Crippen molar-refractivity contribution in [1.29, 1.82) is 0 Å². The van der Waals surface area contributed by atoms with Crippen molar-refractivity contribution in [2.45, 2.75) is 52.4 Å². The predicted molar refractivity (Wildman–Crippen MR) is 152 cm³/mol. The van der Waals surface area contributed by atoms with Crippen molar-refractivity contribution in [1.82, 2.24) is 0 Å². The van der Waals surface area contributed by atoms with Crippen LogP contribution in [-0.2, 0) is 10.8 Å². The number of hydrogen-bond donors (Lipinski definition) is 0. The van der Waals surface area contributed by atoms with Gasteiger partial charge in [0.1, 0.15) is 0 Å². The van der Waals surface area contributed by atoms with Gasteiger partial charge in [0.25, 0.3) is 0 Å². The average molecular weight is 561 g/mol. The van der Waals surface area contributed by atoms with Crippen LogP contribution in [0.1, 0.15) is 52.7 Å². The van der Waals surface area contributed by atoms with E-state index in [2.05, 4.69) is 110 Å². The molecule has 0 bridgehead atoms. The third-order valence-corrected chi connectivity index (χ3v) is 8.29. The minimum atomic E-state index is 0.0588. The summed E-state index contributed by atoms with van der Waals surface area (Å²) in [6, 6.07) is 19.3. The average Bonchev–Trinajstić information content (AvgIpc) is 3.14. The van der Waals surface area contributed by atoms with Crippen LogP contribution >= 0.6 is 50.5 Å². The minimum absolute atomic E-state index is 0.0588. The maximum absolute atomic E-state index is 6.84. The highest BCUT2D eigenvalue weighted by molar-refractivity contribution is 9.10. The van der Waals surface area contributed by atoms with Gasteiger partial charge >= 0.3 is 0 Å². The molecule has 0 amide bonds. The van der Waals surface area contributed by atoms with E-state index in [4.69, 9.17) is 23.2 Å². The zero-order valence-electron chi connectivity index (χ0n) is 19.8. The summed E-state index contributed by atoms with van der Waals surface area (Å²) in [5, 5.41) is 4.68. The highest BCUT2D eigenvalue weighted by atomic mass is 79.9. The lowest BCUT2D eigenvalue weighted by atomic mass is 9.86. The van der Waals surface area contributed by atoms with Crippen LogP contribution in [-0.4, -0.2) is 0 Å². The number of hydrogen-bond acceptors (Lipinski definition) is 2. The fraction of sp³-hybridized carbons (Fsp3) is 0.286. The van der Waals surface area contributed by atoms with E-state index in [0.717, 1.165) is 21.5 Å². The fourth-order valence-corrected chi connectivity index (χ4v) is 5.77. The second-order valence-electron chi connectivity index (χ2n) is 10.4. The number of benzene rings is 3. The number of rotatable bonds is 3. The minimum Gasteiger partial charge on any atom is -0.307 e. The van der Waals surface area contributed by atoms with Crippen LogP contribution < -0.4 is 4.90 Å². The first kappa shape index (κ1) is 24.6. The number of nitrogens with zero attached hydrogens (tertiary/aromatic N) is 1. The third-order valence-electron chi connectivity index (χ3n) is 5.87. The van der Waals surface area contributed by atoms with E-state index >= 15 is 0 Å². The molecule has 33 heavy (non-hydrogen) atoms. The van der Waals surface area contributed by atoms with Gasteiger partial charge in [-0.2, -0.15) is 0 Å². The van der Waals surface area contributed by atoms with Gasteiger partial charge in [-0.1, -0.05) is 82.9 Å². The van der Waals surface area contributed by atoms with Crippen molar-refractivity contribution in [3.8, 4) is 0 Å². The Morgan fingerprint density at radius 3 is 1.97 bits per heavy atom. The van der Waals surface area contributed by atoms with Crippen molar-refractivity contribution < 1.29 is 0 Å². The first-order valence-electron chi connectivity index (χ1n) is 10.9. The van der Waals surface area contributed by atoms with Crippen LogP contribution in [0.3, 0.4) is 0 Å². The Morgan fingerprint density at radius 1 is 0.758 bits per heavy atom. The molecule has 0 unspecified atom stereocenters. The van der Waals surface area contributed by atoms with Crippen molar-refractivity contribution in [3.63, 3.8) is 0 Å². The molecule has 172 valence electrons. The predicted octanol–water partition coefficient (Wildman–Crippen LogP) is 11.0. The van der Waals surface area contributed by atoms with Crippen LogP contribution in [0.15, 0.2) is 64.5 Å². The SMILES string of the molecule is CC(C)(C)c1ccc(N(c2cc(Cl)cc(Br)c2Cl)c2csc3ccc(C(C)(C)C)cc23)cc1. The summed E-state index contributed by atoms with van der Waals surface area (Å²) in [6.07, 6.45) is 0. The fourth-order valence-electron chi connectivity index (χ4n) is 3.88. The molecule has 0 spiro atoms. The molecule has 3 aromatic carbocycles. The molecule has 0 aliphatic carbocycles. The largest absolute Gasteiger partial charge is 0.307 e. The number of fused-ring (bicyclic) bond motifs is 1. The van der Waals surface area contributed by atoms with Crippen molar-refractivity contribution in [3.05, 3.63) is 85.6 Å². The lowest BCUT2D eigenvalue weighted by Crippen LogP contribution is -2.14. The first-order valence-corrected chi connectivity index (χ1v) is 13.4. The van der Waals surface area contributed by atoms with Crippen LogP contribution in [0.5, 0.6) is 0 Å². The van der Waals surface area contributed by atoms with Gasteiger partial charge in [0.05, 0.1) is 16.4 Å². The van der Waals surface area contributed by atoms with Crippen LogP contribution in [0.25, 0.3) is 10.1 Å².